The highest BCUT2D eigenvalue weighted by molar-refractivity contribution is 7.88. The smallest absolute Gasteiger partial charge is 0.478 e. The molecule has 0 bridgehead atoms. The number of hydrogen-bond donors (Lipinski definition) is 0. The fraction of sp³-hybridized carbons (Fsp3) is 0.262. The summed E-state index contributed by atoms with van der Waals surface area (Å²) in [6, 6.07) is 21.5. The van der Waals surface area contributed by atoms with Gasteiger partial charge in [-0.15, -0.1) is 0 Å². The maximum Gasteiger partial charge on any atom is 0.534 e. The number of alkyl halides is 3. The molecule has 4 aromatic heterocycles. The Morgan fingerprint density at radius 3 is 1.77 bits per heavy atom. The number of ether oxygens (including phenoxy) is 6. The molecule has 8 heterocycles. The minimum absolute atomic E-state index is 0.0228. The van der Waals surface area contributed by atoms with Gasteiger partial charge in [0.1, 0.15) is 32.2 Å². The summed E-state index contributed by atoms with van der Waals surface area (Å²) < 4.78 is 102. The number of aryl methyl sites for hydroxylation is 2. The quantitative estimate of drug-likeness (QED) is 0.154. The molecule has 4 aliphatic rings. The molecular formula is C42H32F3N7O11S. The lowest BCUT2D eigenvalue weighted by molar-refractivity contribution is -0.0500. The van der Waals surface area contributed by atoms with Crippen LogP contribution in [-0.2, 0) is 36.0 Å². The Labute approximate surface area is 360 Å². The van der Waals surface area contributed by atoms with Crippen LogP contribution < -0.4 is 44.0 Å². The first kappa shape index (κ1) is 41.7. The summed E-state index contributed by atoms with van der Waals surface area (Å²) in [5.41, 5.74) is -1.75. The zero-order chi connectivity index (χ0) is 44.6. The van der Waals surface area contributed by atoms with E-state index in [9.17, 15) is 31.2 Å². The topological polar surface area (TPSA) is 218 Å². The van der Waals surface area contributed by atoms with Crippen LogP contribution in [0.5, 0.6) is 40.8 Å². The van der Waals surface area contributed by atoms with E-state index >= 15 is 0 Å². The lowest BCUT2D eigenvalue weighted by Gasteiger charge is -2.25. The predicted molar refractivity (Wildman–Crippen MR) is 215 cm³/mol. The zero-order valence-corrected chi connectivity index (χ0v) is 33.9. The van der Waals surface area contributed by atoms with Gasteiger partial charge in [-0.3, -0.25) is 9.13 Å². The van der Waals surface area contributed by atoms with E-state index in [0.717, 1.165) is 22.9 Å². The van der Waals surface area contributed by atoms with Crippen molar-refractivity contribution < 1.29 is 54.2 Å². The van der Waals surface area contributed by atoms with Crippen LogP contribution >= 0.6 is 0 Å². The highest BCUT2D eigenvalue weighted by Gasteiger charge is 2.48. The molecule has 0 saturated heterocycles. The molecule has 64 heavy (non-hydrogen) atoms. The van der Waals surface area contributed by atoms with E-state index in [1.54, 1.807) is 53.4 Å². The van der Waals surface area contributed by atoms with E-state index in [0.29, 0.717) is 65.2 Å². The molecule has 328 valence electrons. The first-order chi connectivity index (χ1) is 30.8. The van der Waals surface area contributed by atoms with Gasteiger partial charge < -0.3 is 32.6 Å². The van der Waals surface area contributed by atoms with Gasteiger partial charge in [-0.05, 0) is 78.6 Å². The maximum absolute atomic E-state index is 12.6. The number of benzene rings is 2. The SMILES string of the molecule is N#Cc1ccc2c(c1)CCn1c-2cc(OCC2COc3ncccc3O2)nc1=O.O=c1nc(OCC2COc3ncccc3O2)cc2n1CCc1cc(OS(=O)(=O)C(F)(F)F)ccc1-2. The average Bonchev–Trinajstić information content (AvgIpc) is 3.29. The molecule has 2 atom stereocenters. The van der Waals surface area contributed by atoms with Gasteiger partial charge >= 0.3 is 27.0 Å². The van der Waals surface area contributed by atoms with Crippen LogP contribution in [0.2, 0.25) is 0 Å². The third-order valence-electron chi connectivity index (χ3n) is 10.2. The van der Waals surface area contributed by atoms with Crippen molar-refractivity contribution in [2.24, 2.45) is 0 Å². The highest BCUT2D eigenvalue weighted by Crippen LogP contribution is 2.36. The summed E-state index contributed by atoms with van der Waals surface area (Å²) in [6.07, 6.45) is 3.34. The number of halogens is 3. The van der Waals surface area contributed by atoms with Crippen molar-refractivity contribution in [3.63, 3.8) is 0 Å². The highest BCUT2D eigenvalue weighted by atomic mass is 32.2. The normalized spacial score (nSPS) is 16.5. The third-order valence-corrected chi connectivity index (χ3v) is 11.2. The first-order valence-corrected chi connectivity index (χ1v) is 20.9. The summed E-state index contributed by atoms with van der Waals surface area (Å²) in [5, 5.41) is 9.12. The molecule has 10 rings (SSSR count). The lowest BCUT2D eigenvalue weighted by Crippen LogP contribution is -2.35. The van der Waals surface area contributed by atoms with Crippen molar-refractivity contribution in [3.8, 4) is 69.4 Å². The van der Waals surface area contributed by atoms with Gasteiger partial charge in [0, 0.05) is 48.7 Å². The molecule has 2 aromatic carbocycles. The van der Waals surface area contributed by atoms with Crippen molar-refractivity contribution in [3.05, 3.63) is 123 Å². The Morgan fingerprint density at radius 1 is 0.734 bits per heavy atom. The minimum atomic E-state index is -5.80. The van der Waals surface area contributed by atoms with E-state index in [1.165, 1.54) is 22.8 Å². The first-order valence-electron chi connectivity index (χ1n) is 19.5. The van der Waals surface area contributed by atoms with E-state index in [-0.39, 0.29) is 56.3 Å². The summed E-state index contributed by atoms with van der Waals surface area (Å²) in [4.78, 5) is 41.2. The number of rotatable bonds is 8. The summed E-state index contributed by atoms with van der Waals surface area (Å²) in [5.74, 6) is 1.64. The van der Waals surface area contributed by atoms with Crippen molar-refractivity contribution in [2.45, 2.75) is 43.6 Å². The molecule has 0 spiro atoms. The van der Waals surface area contributed by atoms with Crippen LogP contribution in [0, 0.1) is 11.3 Å². The average molecular weight is 900 g/mol. The van der Waals surface area contributed by atoms with Gasteiger partial charge in [0.2, 0.25) is 11.8 Å². The fourth-order valence-corrected chi connectivity index (χ4v) is 7.72. The summed E-state index contributed by atoms with van der Waals surface area (Å²) in [6.45, 7) is 1.40. The van der Waals surface area contributed by atoms with Gasteiger partial charge in [0.25, 0.3) is 11.8 Å². The second-order valence-electron chi connectivity index (χ2n) is 14.5. The monoisotopic (exact) mass is 899 g/mol. The van der Waals surface area contributed by atoms with Crippen molar-refractivity contribution in [2.75, 3.05) is 26.4 Å². The number of hydrogen-bond acceptors (Lipinski definition) is 16. The van der Waals surface area contributed by atoms with Crippen LogP contribution in [0.25, 0.3) is 22.5 Å². The molecular weight excluding hydrogens is 868 g/mol. The van der Waals surface area contributed by atoms with Gasteiger partial charge in [-0.2, -0.15) is 36.8 Å². The molecule has 0 fully saturated rings. The Bertz CT molecular complexity index is 3070. The maximum atomic E-state index is 12.6. The largest absolute Gasteiger partial charge is 0.534 e. The lowest BCUT2D eigenvalue weighted by atomic mass is 9.96. The molecule has 18 nitrogen and oxygen atoms in total. The molecule has 0 aliphatic carbocycles. The van der Waals surface area contributed by atoms with Crippen LogP contribution in [0.4, 0.5) is 13.2 Å². The molecule has 6 aromatic rings. The second-order valence-corrected chi connectivity index (χ2v) is 16.0. The van der Waals surface area contributed by atoms with Gasteiger partial charge in [-0.1, -0.05) is 6.07 Å². The van der Waals surface area contributed by atoms with Gasteiger partial charge in [-0.25, -0.2) is 19.6 Å². The number of nitriles is 1. The molecule has 2 unspecified atom stereocenters. The van der Waals surface area contributed by atoms with Crippen LogP contribution in [0.1, 0.15) is 16.7 Å². The minimum Gasteiger partial charge on any atom is -0.478 e. The molecule has 0 amide bonds. The number of fused-ring (bicyclic) bond motifs is 8. The molecule has 0 saturated carbocycles. The van der Waals surface area contributed by atoms with E-state index in [1.807, 2.05) is 12.1 Å². The van der Waals surface area contributed by atoms with Gasteiger partial charge in [0.15, 0.2) is 23.7 Å². The van der Waals surface area contributed by atoms with E-state index in [4.69, 9.17) is 33.7 Å². The Morgan fingerprint density at radius 2 is 1.25 bits per heavy atom. The van der Waals surface area contributed by atoms with E-state index < -0.39 is 33.2 Å². The standard InChI is InChI=1S/C21H16F3N3O7S.C21H16N4O4/c22-21(23,24)35(29,30)34-13-3-4-15-12(8-13)5-7-27-16(15)9-18(26-20(27)28)31-10-14-11-32-19-17(33-14)2-1-6-25-19;22-10-13-3-4-16-14(8-13)5-7-25-17(16)9-19(24-21(25)26)27-11-15-12-28-20-18(29-15)2-1-6-23-20/h1-4,6,8-9,14H,5,7,10-11H2;1-4,6,8-9,15H,5,7,11-12H2. The Balaban J connectivity index is 0.000000165. The molecule has 22 heteroatoms. The summed E-state index contributed by atoms with van der Waals surface area (Å²) in [7, 11) is -5.80. The molecule has 0 radical (unpaired) electrons. The third kappa shape index (κ3) is 8.56. The predicted octanol–water partition coefficient (Wildman–Crippen LogP) is 4.26. The molecule has 4 aliphatic heterocycles. The number of pyridine rings is 2. The zero-order valence-electron chi connectivity index (χ0n) is 33.1. The van der Waals surface area contributed by atoms with Crippen molar-refractivity contribution >= 4 is 10.1 Å². The fourth-order valence-electron chi connectivity index (χ4n) is 7.27. The Hall–Kier alpha value is -7.67. The Kier molecular flexibility index (Phi) is 11.0. The summed E-state index contributed by atoms with van der Waals surface area (Å²) >= 11 is 0. The number of aromatic nitrogens is 6. The van der Waals surface area contributed by atoms with Gasteiger partial charge in [0.05, 0.1) is 23.0 Å². The van der Waals surface area contributed by atoms with Crippen LogP contribution in [0.3, 0.4) is 0 Å². The second kappa shape index (κ2) is 16.9. The van der Waals surface area contributed by atoms with Crippen molar-refractivity contribution in [1.82, 2.24) is 29.1 Å². The molecule has 0 N–H and O–H groups in total. The van der Waals surface area contributed by atoms with Crippen LogP contribution in [0.15, 0.2) is 94.8 Å². The van der Waals surface area contributed by atoms with Crippen LogP contribution in [-0.4, -0.2) is 81.6 Å². The number of nitrogens with zero attached hydrogens (tertiary/aromatic N) is 7. The van der Waals surface area contributed by atoms with E-state index in [2.05, 4.69) is 30.2 Å². The van der Waals surface area contributed by atoms with Crippen molar-refractivity contribution in [1.29, 1.82) is 5.26 Å².